The molecule has 0 amide bonds. The van der Waals surface area contributed by atoms with E-state index in [1.54, 1.807) is 0 Å². The molecule has 2 heteroatoms. The summed E-state index contributed by atoms with van der Waals surface area (Å²) in [6, 6.07) is 0. The van der Waals surface area contributed by atoms with E-state index in [0.29, 0.717) is 11.7 Å². The van der Waals surface area contributed by atoms with Gasteiger partial charge >= 0.3 is 0 Å². The Morgan fingerprint density at radius 2 is 2.08 bits per heavy atom. The number of allylic oxidation sites excluding steroid dienone is 2. The molecule has 66 valence electrons. The smallest absolute Gasteiger partial charge is 0.200 e. The zero-order valence-corrected chi connectivity index (χ0v) is 7.59. The molecule has 2 aliphatic rings. The van der Waals surface area contributed by atoms with Crippen LogP contribution in [0.5, 0.6) is 0 Å². The van der Waals surface area contributed by atoms with Crippen LogP contribution in [0.25, 0.3) is 0 Å². The van der Waals surface area contributed by atoms with Crippen LogP contribution in [-0.4, -0.2) is 12.4 Å². The Balaban J connectivity index is 2.35. The fourth-order valence-electron chi connectivity index (χ4n) is 2.04. The van der Waals surface area contributed by atoms with Gasteiger partial charge in [0.05, 0.1) is 6.61 Å². The molecule has 1 aliphatic carbocycles. The summed E-state index contributed by atoms with van der Waals surface area (Å²) in [6.07, 6.45) is 2.13. The number of Topliss-reactive ketones (excluding diaryl/α,β-unsaturated/α-hetero) is 1. The number of hydrogen-bond donors (Lipinski definition) is 0. The highest BCUT2D eigenvalue weighted by molar-refractivity contribution is 5.99. The number of hydrogen-bond acceptors (Lipinski definition) is 2. The number of ketones is 1. The number of carbonyl (C=O) groups is 1. The van der Waals surface area contributed by atoms with Crippen molar-refractivity contribution in [3.05, 3.63) is 11.3 Å². The van der Waals surface area contributed by atoms with Crippen LogP contribution in [0.4, 0.5) is 0 Å². The lowest BCUT2D eigenvalue weighted by Gasteiger charge is -2.16. The zero-order valence-electron chi connectivity index (χ0n) is 7.59. The predicted molar refractivity (Wildman–Crippen MR) is 45.5 cm³/mol. The molecule has 1 aliphatic heterocycles. The van der Waals surface area contributed by atoms with Crippen LogP contribution in [0.2, 0.25) is 0 Å². The molecule has 2 atom stereocenters. The highest BCUT2D eigenvalue weighted by Crippen LogP contribution is 2.39. The van der Waals surface area contributed by atoms with Crippen LogP contribution in [0.3, 0.4) is 0 Å². The lowest BCUT2D eigenvalue weighted by molar-refractivity contribution is -0.121. The summed E-state index contributed by atoms with van der Waals surface area (Å²) in [5.41, 5.74) is 1.26. The fraction of sp³-hybridized carbons (Fsp3) is 0.700. The summed E-state index contributed by atoms with van der Waals surface area (Å²) in [4.78, 5) is 11.6. The highest BCUT2D eigenvalue weighted by atomic mass is 16.5. The Morgan fingerprint density at radius 1 is 1.33 bits per heavy atom. The van der Waals surface area contributed by atoms with E-state index in [-0.39, 0.29) is 11.7 Å². The van der Waals surface area contributed by atoms with Crippen LogP contribution in [0.15, 0.2) is 11.3 Å². The predicted octanol–water partition coefficient (Wildman–Crippen LogP) is 1.91. The second-order valence-electron chi connectivity index (χ2n) is 3.75. The van der Waals surface area contributed by atoms with E-state index in [2.05, 4.69) is 6.92 Å². The lowest BCUT2D eigenvalue weighted by Crippen LogP contribution is -2.12. The van der Waals surface area contributed by atoms with Gasteiger partial charge in [-0.05, 0) is 24.3 Å². The Labute approximate surface area is 72.6 Å². The Hall–Kier alpha value is -0.790. The summed E-state index contributed by atoms with van der Waals surface area (Å²) in [6.45, 7) is 4.85. The molecule has 0 fully saturated rings. The Morgan fingerprint density at radius 3 is 2.75 bits per heavy atom. The standard InChI is InChI=1S/C10H14O2/c1-6-7(2)9(11)10-8(6)4-3-5-12-10/h6-7H,3-5H2,1-2H3/t6-,7+/m1/s1. The van der Waals surface area contributed by atoms with E-state index in [1.165, 1.54) is 5.57 Å². The van der Waals surface area contributed by atoms with Crippen LogP contribution in [-0.2, 0) is 9.53 Å². The molecule has 0 spiro atoms. The van der Waals surface area contributed by atoms with Gasteiger partial charge < -0.3 is 4.74 Å². The summed E-state index contributed by atoms with van der Waals surface area (Å²) < 4.78 is 5.39. The molecule has 0 saturated heterocycles. The number of ether oxygens (including phenoxy) is 1. The maximum atomic E-state index is 11.6. The first-order valence-corrected chi connectivity index (χ1v) is 4.62. The molecule has 0 N–H and O–H groups in total. The van der Waals surface area contributed by atoms with E-state index in [9.17, 15) is 4.79 Å². The third-order valence-corrected chi connectivity index (χ3v) is 3.07. The van der Waals surface area contributed by atoms with Gasteiger partial charge in [0.1, 0.15) is 0 Å². The highest BCUT2D eigenvalue weighted by Gasteiger charge is 2.38. The molecule has 0 aromatic heterocycles. The van der Waals surface area contributed by atoms with Gasteiger partial charge in [0.15, 0.2) is 5.76 Å². The van der Waals surface area contributed by atoms with E-state index in [1.807, 2.05) is 6.92 Å². The molecular weight excluding hydrogens is 152 g/mol. The first kappa shape index (κ1) is 7.84. The van der Waals surface area contributed by atoms with Crippen molar-refractivity contribution >= 4 is 5.78 Å². The quantitative estimate of drug-likeness (QED) is 0.549. The van der Waals surface area contributed by atoms with Gasteiger partial charge in [0.2, 0.25) is 5.78 Å². The van der Waals surface area contributed by atoms with Crippen LogP contribution in [0.1, 0.15) is 26.7 Å². The van der Waals surface area contributed by atoms with Gasteiger partial charge in [0, 0.05) is 5.92 Å². The van der Waals surface area contributed by atoms with Crippen molar-refractivity contribution in [2.45, 2.75) is 26.7 Å². The van der Waals surface area contributed by atoms with Gasteiger partial charge in [-0.25, -0.2) is 0 Å². The second-order valence-corrected chi connectivity index (χ2v) is 3.75. The molecule has 1 heterocycles. The third kappa shape index (κ3) is 0.904. The minimum absolute atomic E-state index is 0.146. The SMILES string of the molecule is C[C@@H]1C(=O)C2=C(CCCO2)[C@@H]1C. The Kier molecular flexibility index (Phi) is 1.71. The maximum absolute atomic E-state index is 11.6. The van der Waals surface area contributed by atoms with Crippen molar-refractivity contribution < 1.29 is 9.53 Å². The summed E-state index contributed by atoms with van der Waals surface area (Å²) >= 11 is 0. The minimum Gasteiger partial charge on any atom is -0.490 e. The second kappa shape index (κ2) is 2.61. The molecule has 0 aromatic carbocycles. The van der Waals surface area contributed by atoms with Crippen molar-refractivity contribution in [2.24, 2.45) is 11.8 Å². The van der Waals surface area contributed by atoms with Gasteiger partial charge in [-0.3, -0.25) is 4.79 Å². The first-order chi connectivity index (χ1) is 5.72. The van der Waals surface area contributed by atoms with Crippen LogP contribution < -0.4 is 0 Å². The molecule has 0 bridgehead atoms. The Bertz CT molecular complexity index is 253. The molecule has 0 unspecified atom stereocenters. The molecule has 2 rings (SSSR count). The lowest BCUT2D eigenvalue weighted by atomic mass is 9.92. The molecule has 0 radical (unpaired) electrons. The van der Waals surface area contributed by atoms with Crippen molar-refractivity contribution in [1.82, 2.24) is 0 Å². The van der Waals surface area contributed by atoms with Gasteiger partial charge in [-0.1, -0.05) is 13.8 Å². The van der Waals surface area contributed by atoms with Gasteiger partial charge in [0.25, 0.3) is 0 Å². The average molecular weight is 166 g/mol. The summed E-state index contributed by atoms with van der Waals surface area (Å²) in [5, 5.41) is 0. The minimum atomic E-state index is 0.146. The number of rotatable bonds is 0. The van der Waals surface area contributed by atoms with Crippen LogP contribution in [0, 0.1) is 11.8 Å². The zero-order chi connectivity index (χ0) is 8.72. The van der Waals surface area contributed by atoms with E-state index < -0.39 is 0 Å². The molecule has 0 aromatic rings. The van der Waals surface area contributed by atoms with E-state index in [4.69, 9.17) is 4.74 Å². The van der Waals surface area contributed by atoms with E-state index in [0.717, 1.165) is 19.4 Å². The normalized spacial score (nSPS) is 35.0. The van der Waals surface area contributed by atoms with Crippen molar-refractivity contribution in [3.8, 4) is 0 Å². The van der Waals surface area contributed by atoms with Gasteiger partial charge in [-0.15, -0.1) is 0 Å². The van der Waals surface area contributed by atoms with Crippen molar-refractivity contribution in [3.63, 3.8) is 0 Å². The largest absolute Gasteiger partial charge is 0.490 e. The van der Waals surface area contributed by atoms with Crippen molar-refractivity contribution in [2.75, 3.05) is 6.61 Å². The van der Waals surface area contributed by atoms with Gasteiger partial charge in [-0.2, -0.15) is 0 Å². The first-order valence-electron chi connectivity index (χ1n) is 4.62. The molecular formula is C10H14O2. The topological polar surface area (TPSA) is 26.3 Å². The summed E-state index contributed by atoms with van der Waals surface area (Å²) in [7, 11) is 0. The van der Waals surface area contributed by atoms with Crippen LogP contribution >= 0.6 is 0 Å². The molecule has 0 saturated carbocycles. The average Bonchev–Trinajstić information content (AvgIpc) is 2.33. The van der Waals surface area contributed by atoms with E-state index >= 15 is 0 Å². The molecule has 12 heavy (non-hydrogen) atoms. The fourth-order valence-corrected chi connectivity index (χ4v) is 2.04. The summed E-state index contributed by atoms with van der Waals surface area (Å²) in [5.74, 6) is 1.47. The third-order valence-electron chi connectivity index (χ3n) is 3.07. The maximum Gasteiger partial charge on any atom is 0.200 e. The monoisotopic (exact) mass is 166 g/mol. The van der Waals surface area contributed by atoms with Crippen molar-refractivity contribution in [1.29, 1.82) is 0 Å². The molecule has 2 nitrogen and oxygen atoms in total. The number of carbonyl (C=O) groups excluding carboxylic acids is 1.